The van der Waals surface area contributed by atoms with Crippen molar-refractivity contribution in [2.24, 2.45) is 0 Å². The van der Waals surface area contributed by atoms with Gasteiger partial charge in [-0.1, -0.05) is 0 Å². The zero-order valence-corrected chi connectivity index (χ0v) is 10.2. The van der Waals surface area contributed by atoms with Crippen molar-refractivity contribution in [3.8, 4) is 5.75 Å². The van der Waals surface area contributed by atoms with Crippen LogP contribution in [-0.4, -0.2) is 4.98 Å². The van der Waals surface area contributed by atoms with E-state index in [4.69, 9.17) is 10.5 Å². The predicted octanol–water partition coefficient (Wildman–Crippen LogP) is 3.76. The number of hydrogen-bond acceptors (Lipinski definition) is 2. The molecule has 0 amide bonds. The maximum Gasteiger partial charge on any atom is 0.416 e. The second-order valence-electron chi connectivity index (χ2n) is 4.14. The minimum Gasteiger partial charge on any atom is -0.482 e. The summed E-state index contributed by atoms with van der Waals surface area (Å²) in [6.07, 6.45) is -2.99. The lowest BCUT2D eigenvalue weighted by Gasteiger charge is -2.16. The second kappa shape index (κ2) is 4.87. The zero-order valence-electron chi connectivity index (χ0n) is 10.2. The Kier molecular flexibility index (Phi) is 3.42. The first-order valence-electron chi connectivity index (χ1n) is 5.64. The minimum atomic E-state index is -4.41. The van der Waals surface area contributed by atoms with Gasteiger partial charge in [0.05, 0.1) is 16.9 Å². The van der Waals surface area contributed by atoms with Crippen molar-refractivity contribution in [2.45, 2.75) is 19.2 Å². The molecule has 2 rings (SSSR count). The van der Waals surface area contributed by atoms with E-state index in [0.717, 1.165) is 17.8 Å². The molecule has 6 heteroatoms. The smallest absolute Gasteiger partial charge is 0.416 e. The quantitative estimate of drug-likeness (QED) is 0.834. The van der Waals surface area contributed by atoms with Crippen molar-refractivity contribution in [1.82, 2.24) is 4.98 Å². The Balaban J connectivity index is 2.18. The van der Waals surface area contributed by atoms with Gasteiger partial charge in [0, 0.05) is 6.20 Å². The molecule has 3 nitrogen and oxygen atoms in total. The monoisotopic (exact) mass is 270 g/mol. The predicted molar refractivity (Wildman–Crippen MR) is 65.7 cm³/mol. The molecule has 1 aromatic heterocycles. The largest absolute Gasteiger partial charge is 0.482 e. The van der Waals surface area contributed by atoms with Crippen LogP contribution >= 0.6 is 0 Å². The lowest BCUT2D eigenvalue weighted by Crippen LogP contribution is -2.08. The molecular formula is C13H13F3N2O. The SMILES string of the molecule is CC(Oc1ccc(C(F)(F)F)cc1N)c1ccc[nH]1. The fourth-order valence-corrected chi connectivity index (χ4v) is 1.68. The molecule has 3 N–H and O–H groups in total. The first-order valence-corrected chi connectivity index (χ1v) is 5.64. The van der Waals surface area contributed by atoms with Gasteiger partial charge in [0.1, 0.15) is 11.9 Å². The van der Waals surface area contributed by atoms with Crippen LogP contribution in [0.3, 0.4) is 0 Å². The van der Waals surface area contributed by atoms with Crippen LogP contribution in [0, 0.1) is 0 Å². The number of nitrogen functional groups attached to an aromatic ring is 1. The van der Waals surface area contributed by atoms with Crippen LogP contribution in [0.2, 0.25) is 0 Å². The average Bonchev–Trinajstić information content (AvgIpc) is 2.84. The third-order valence-electron chi connectivity index (χ3n) is 2.70. The number of aromatic nitrogens is 1. The van der Waals surface area contributed by atoms with E-state index in [0.29, 0.717) is 0 Å². The van der Waals surface area contributed by atoms with Gasteiger partial charge in [-0.3, -0.25) is 0 Å². The highest BCUT2D eigenvalue weighted by atomic mass is 19.4. The fraction of sp³-hybridized carbons (Fsp3) is 0.231. The molecular weight excluding hydrogens is 257 g/mol. The number of benzene rings is 1. The van der Waals surface area contributed by atoms with Gasteiger partial charge in [-0.15, -0.1) is 0 Å². The van der Waals surface area contributed by atoms with E-state index in [1.165, 1.54) is 6.07 Å². The number of halogens is 3. The van der Waals surface area contributed by atoms with Gasteiger partial charge >= 0.3 is 6.18 Å². The number of rotatable bonds is 3. The van der Waals surface area contributed by atoms with Crippen LogP contribution in [0.5, 0.6) is 5.75 Å². The Morgan fingerprint density at radius 2 is 2.00 bits per heavy atom. The number of nitrogens with one attached hydrogen (secondary N) is 1. The first-order chi connectivity index (χ1) is 8.88. The number of alkyl halides is 3. The summed E-state index contributed by atoms with van der Waals surface area (Å²) in [5, 5.41) is 0. The molecule has 0 bridgehead atoms. The van der Waals surface area contributed by atoms with Crippen LogP contribution in [0.15, 0.2) is 36.5 Å². The van der Waals surface area contributed by atoms with Gasteiger partial charge in [-0.05, 0) is 37.3 Å². The third-order valence-corrected chi connectivity index (χ3v) is 2.70. The molecule has 102 valence electrons. The highest BCUT2D eigenvalue weighted by Crippen LogP contribution is 2.34. The molecule has 1 unspecified atom stereocenters. The zero-order chi connectivity index (χ0) is 14.0. The van der Waals surface area contributed by atoms with E-state index in [1.54, 1.807) is 13.1 Å². The lowest BCUT2D eigenvalue weighted by atomic mass is 10.2. The van der Waals surface area contributed by atoms with Crippen molar-refractivity contribution in [3.63, 3.8) is 0 Å². The highest BCUT2D eigenvalue weighted by Gasteiger charge is 2.31. The van der Waals surface area contributed by atoms with Gasteiger partial charge in [0.2, 0.25) is 0 Å². The van der Waals surface area contributed by atoms with Crippen molar-refractivity contribution >= 4 is 5.69 Å². The van der Waals surface area contributed by atoms with Crippen molar-refractivity contribution in [2.75, 3.05) is 5.73 Å². The molecule has 0 aliphatic rings. The van der Waals surface area contributed by atoms with Crippen LogP contribution in [-0.2, 0) is 6.18 Å². The molecule has 1 heterocycles. The standard InChI is InChI=1S/C13H13F3N2O/c1-8(11-3-2-6-18-11)19-12-5-4-9(7-10(12)17)13(14,15)16/h2-8,18H,17H2,1H3. The van der Waals surface area contributed by atoms with Crippen molar-refractivity contribution in [1.29, 1.82) is 0 Å². The van der Waals surface area contributed by atoms with Crippen molar-refractivity contribution in [3.05, 3.63) is 47.8 Å². The highest BCUT2D eigenvalue weighted by molar-refractivity contribution is 5.55. The molecule has 1 aromatic carbocycles. The summed E-state index contributed by atoms with van der Waals surface area (Å²) < 4.78 is 43.0. The van der Waals surface area contributed by atoms with Crippen LogP contribution in [0.25, 0.3) is 0 Å². The topological polar surface area (TPSA) is 51.0 Å². The summed E-state index contributed by atoms with van der Waals surface area (Å²) in [5.41, 5.74) is 5.58. The lowest BCUT2D eigenvalue weighted by molar-refractivity contribution is -0.137. The molecule has 0 saturated carbocycles. The maximum atomic E-state index is 12.5. The molecule has 2 aromatic rings. The Bertz CT molecular complexity index is 550. The van der Waals surface area contributed by atoms with Gasteiger partial charge in [0.15, 0.2) is 0 Å². The Labute approximate surface area is 108 Å². The molecule has 0 saturated heterocycles. The van der Waals surface area contributed by atoms with Crippen LogP contribution in [0.4, 0.5) is 18.9 Å². The summed E-state index contributed by atoms with van der Waals surface area (Å²) in [7, 11) is 0. The summed E-state index contributed by atoms with van der Waals surface area (Å²) in [5.74, 6) is 0.232. The Morgan fingerprint density at radius 1 is 1.26 bits per heavy atom. The van der Waals surface area contributed by atoms with Crippen LogP contribution < -0.4 is 10.5 Å². The van der Waals surface area contributed by atoms with Crippen molar-refractivity contribution < 1.29 is 17.9 Å². The number of nitrogens with two attached hydrogens (primary N) is 1. The molecule has 0 radical (unpaired) electrons. The van der Waals surface area contributed by atoms with Gasteiger partial charge in [-0.25, -0.2) is 0 Å². The number of anilines is 1. The Hall–Kier alpha value is -2.11. The third kappa shape index (κ3) is 3.01. The number of ether oxygens (including phenoxy) is 1. The van der Waals surface area contributed by atoms with Gasteiger partial charge in [-0.2, -0.15) is 13.2 Å². The molecule has 0 spiro atoms. The average molecular weight is 270 g/mol. The second-order valence-corrected chi connectivity index (χ2v) is 4.14. The van der Waals surface area contributed by atoms with E-state index < -0.39 is 11.7 Å². The number of aromatic amines is 1. The summed E-state index contributed by atoms with van der Waals surface area (Å²) in [4.78, 5) is 2.97. The maximum absolute atomic E-state index is 12.5. The van der Waals surface area contributed by atoms with Gasteiger partial charge in [0.25, 0.3) is 0 Å². The van der Waals surface area contributed by atoms with E-state index in [-0.39, 0.29) is 17.5 Å². The molecule has 0 aliphatic heterocycles. The molecule has 1 atom stereocenters. The van der Waals surface area contributed by atoms with E-state index in [2.05, 4.69) is 4.98 Å². The summed E-state index contributed by atoms with van der Waals surface area (Å²) in [6.45, 7) is 1.78. The fourth-order valence-electron chi connectivity index (χ4n) is 1.68. The Morgan fingerprint density at radius 3 is 2.53 bits per heavy atom. The molecule has 0 aliphatic carbocycles. The number of H-pyrrole nitrogens is 1. The van der Waals surface area contributed by atoms with E-state index in [1.807, 2.05) is 12.1 Å². The number of hydrogen-bond donors (Lipinski definition) is 2. The minimum absolute atomic E-state index is 0.0340. The summed E-state index contributed by atoms with van der Waals surface area (Å²) >= 11 is 0. The summed E-state index contributed by atoms with van der Waals surface area (Å²) in [6, 6.07) is 6.69. The van der Waals surface area contributed by atoms with Gasteiger partial charge < -0.3 is 15.5 Å². The van der Waals surface area contributed by atoms with E-state index in [9.17, 15) is 13.2 Å². The van der Waals surface area contributed by atoms with Crippen LogP contribution in [0.1, 0.15) is 24.3 Å². The normalized spacial score (nSPS) is 13.3. The van der Waals surface area contributed by atoms with E-state index >= 15 is 0 Å². The first kappa shape index (κ1) is 13.3. The molecule has 0 fully saturated rings. The molecule has 19 heavy (non-hydrogen) atoms.